The minimum Gasteiger partial charge on any atom is -0.352 e. The SMILES string of the molecule is S=C1NC2=C(CN(Cc3ccc(Br)cc3)C/C2=C\c2ccc(Cl)cc2)C(c2ccc(Cl)cc2)N1. The van der Waals surface area contributed by atoms with Crippen LogP contribution in [0.3, 0.4) is 0 Å². The van der Waals surface area contributed by atoms with Crippen molar-refractivity contribution in [1.82, 2.24) is 15.5 Å². The molecule has 3 aromatic carbocycles. The zero-order valence-electron chi connectivity index (χ0n) is 18.2. The summed E-state index contributed by atoms with van der Waals surface area (Å²) < 4.78 is 1.08. The molecule has 0 saturated heterocycles. The third-order valence-electron chi connectivity index (χ3n) is 6.03. The Hall–Kier alpha value is -2.15. The van der Waals surface area contributed by atoms with Crippen LogP contribution in [0.4, 0.5) is 0 Å². The van der Waals surface area contributed by atoms with Gasteiger partial charge in [0.2, 0.25) is 0 Å². The molecule has 34 heavy (non-hydrogen) atoms. The zero-order valence-corrected chi connectivity index (χ0v) is 22.1. The van der Waals surface area contributed by atoms with Crippen LogP contribution in [0.2, 0.25) is 10.0 Å². The molecule has 0 aliphatic carbocycles. The van der Waals surface area contributed by atoms with Gasteiger partial charge in [0.25, 0.3) is 0 Å². The van der Waals surface area contributed by atoms with E-state index in [2.05, 4.69) is 73.9 Å². The van der Waals surface area contributed by atoms with Gasteiger partial charge in [-0.05, 0) is 82.5 Å². The van der Waals surface area contributed by atoms with E-state index in [0.717, 1.165) is 51.0 Å². The zero-order chi connectivity index (χ0) is 23.7. The summed E-state index contributed by atoms with van der Waals surface area (Å²) in [7, 11) is 0. The van der Waals surface area contributed by atoms with Crippen LogP contribution in [0.25, 0.3) is 6.08 Å². The van der Waals surface area contributed by atoms with Crippen LogP contribution in [0, 0.1) is 0 Å². The van der Waals surface area contributed by atoms with E-state index in [4.69, 9.17) is 35.4 Å². The van der Waals surface area contributed by atoms with Crippen molar-refractivity contribution in [3.05, 3.63) is 121 Å². The van der Waals surface area contributed by atoms with E-state index in [9.17, 15) is 0 Å². The quantitative estimate of drug-likeness (QED) is 0.326. The van der Waals surface area contributed by atoms with E-state index in [0.29, 0.717) is 5.11 Å². The number of nitrogens with one attached hydrogen (secondary N) is 2. The van der Waals surface area contributed by atoms with Gasteiger partial charge in [0.15, 0.2) is 5.11 Å². The number of rotatable bonds is 4. The molecule has 2 heterocycles. The molecular formula is C27H22BrCl2N3S. The molecule has 3 nitrogen and oxygen atoms in total. The summed E-state index contributed by atoms with van der Waals surface area (Å²) >= 11 is 21.4. The fraction of sp³-hybridized carbons (Fsp3) is 0.148. The molecule has 1 unspecified atom stereocenters. The third kappa shape index (κ3) is 5.40. The molecular weight excluding hydrogens is 549 g/mol. The number of nitrogens with zero attached hydrogens (tertiary/aromatic N) is 1. The van der Waals surface area contributed by atoms with Crippen molar-refractivity contribution in [2.75, 3.05) is 13.1 Å². The first-order chi connectivity index (χ1) is 16.4. The third-order valence-corrected chi connectivity index (χ3v) is 7.28. The van der Waals surface area contributed by atoms with Crippen molar-refractivity contribution < 1.29 is 0 Å². The molecule has 0 saturated carbocycles. The van der Waals surface area contributed by atoms with Gasteiger partial charge in [-0.25, -0.2) is 0 Å². The largest absolute Gasteiger partial charge is 0.352 e. The minimum absolute atomic E-state index is 0.0256. The second-order valence-corrected chi connectivity index (χ2v) is 10.7. The summed E-state index contributed by atoms with van der Waals surface area (Å²) in [6.07, 6.45) is 2.22. The van der Waals surface area contributed by atoms with Gasteiger partial charge in [-0.1, -0.05) is 75.5 Å². The van der Waals surface area contributed by atoms with Crippen molar-refractivity contribution in [1.29, 1.82) is 0 Å². The van der Waals surface area contributed by atoms with Gasteiger partial charge in [0, 0.05) is 39.8 Å². The topological polar surface area (TPSA) is 27.3 Å². The molecule has 0 aromatic heterocycles. The van der Waals surface area contributed by atoms with Crippen LogP contribution < -0.4 is 10.6 Å². The fourth-order valence-electron chi connectivity index (χ4n) is 4.44. The standard InChI is InChI=1S/C27H22BrCl2N3S/c28-21-7-1-18(2-8-21)14-33-15-20(13-17-3-9-22(29)10-4-17)26-24(16-33)25(31-27(34)32-26)19-5-11-23(30)12-6-19/h1-13,25H,14-16H2,(H2,31,32,34)/b20-13+. The summed E-state index contributed by atoms with van der Waals surface area (Å²) in [4.78, 5) is 2.46. The molecule has 5 rings (SSSR count). The number of halogens is 3. The normalized spacial score (nSPS) is 19.6. The molecule has 7 heteroatoms. The van der Waals surface area contributed by atoms with Gasteiger partial charge in [-0.2, -0.15) is 0 Å². The number of hydrogen-bond donors (Lipinski definition) is 2. The van der Waals surface area contributed by atoms with Crippen molar-refractivity contribution in [3.63, 3.8) is 0 Å². The van der Waals surface area contributed by atoms with Gasteiger partial charge < -0.3 is 10.6 Å². The first-order valence-corrected chi connectivity index (χ1v) is 12.9. The molecule has 3 aromatic rings. The van der Waals surface area contributed by atoms with E-state index >= 15 is 0 Å². The van der Waals surface area contributed by atoms with Gasteiger partial charge in [-0.15, -0.1) is 0 Å². The van der Waals surface area contributed by atoms with Crippen LogP contribution >= 0.6 is 51.3 Å². The fourth-order valence-corrected chi connectivity index (χ4v) is 5.18. The predicted octanol–water partition coefficient (Wildman–Crippen LogP) is 7.13. The first-order valence-electron chi connectivity index (χ1n) is 10.9. The van der Waals surface area contributed by atoms with Gasteiger partial charge in [0.05, 0.1) is 6.04 Å². The maximum Gasteiger partial charge on any atom is 0.171 e. The average molecular weight is 571 g/mol. The molecule has 2 aliphatic rings. The molecule has 1 atom stereocenters. The Morgan fingerprint density at radius 2 is 1.56 bits per heavy atom. The molecule has 0 spiro atoms. The number of benzene rings is 3. The molecule has 172 valence electrons. The number of hydrogen-bond acceptors (Lipinski definition) is 2. The summed E-state index contributed by atoms with van der Waals surface area (Å²) in [5.41, 5.74) is 7.07. The highest BCUT2D eigenvalue weighted by molar-refractivity contribution is 9.10. The van der Waals surface area contributed by atoms with E-state index in [1.807, 2.05) is 36.4 Å². The molecule has 0 amide bonds. The van der Waals surface area contributed by atoms with Gasteiger partial charge in [-0.3, -0.25) is 4.90 Å². The highest BCUT2D eigenvalue weighted by Crippen LogP contribution is 2.35. The summed E-state index contributed by atoms with van der Waals surface area (Å²) in [6.45, 7) is 2.47. The molecule has 0 radical (unpaired) electrons. The van der Waals surface area contributed by atoms with Crippen LogP contribution in [-0.4, -0.2) is 23.1 Å². The van der Waals surface area contributed by atoms with Crippen LogP contribution in [-0.2, 0) is 6.54 Å². The lowest BCUT2D eigenvalue weighted by Crippen LogP contribution is -2.49. The molecule has 2 aliphatic heterocycles. The summed E-state index contributed by atoms with van der Waals surface area (Å²) in [5, 5.41) is 9.00. The lowest BCUT2D eigenvalue weighted by molar-refractivity contribution is 0.292. The monoisotopic (exact) mass is 569 g/mol. The Labute approximate surface area is 223 Å². The Morgan fingerprint density at radius 3 is 2.24 bits per heavy atom. The molecule has 0 fully saturated rings. The van der Waals surface area contributed by atoms with Crippen molar-refractivity contribution in [3.8, 4) is 0 Å². The van der Waals surface area contributed by atoms with Crippen molar-refractivity contribution in [2.45, 2.75) is 12.6 Å². The highest BCUT2D eigenvalue weighted by atomic mass is 79.9. The van der Waals surface area contributed by atoms with Gasteiger partial charge >= 0.3 is 0 Å². The lowest BCUT2D eigenvalue weighted by atomic mass is 9.88. The Kier molecular flexibility index (Phi) is 7.09. The number of thiocarbonyl (C=S) groups is 1. The molecule has 2 N–H and O–H groups in total. The van der Waals surface area contributed by atoms with E-state index in [1.165, 1.54) is 16.7 Å². The average Bonchev–Trinajstić information content (AvgIpc) is 2.83. The Bertz CT molecular complexity index is 1270. The second-order valence-electron chi connectivity index (χ2n) is 8.48. The second kappa shape index (κ2) is 10.2. The Morgan fingerprint density at radius 1 is 0.912 bits per heavy atom. The minimum atomic E-state index is -0.0256. The van der Waals surface area contributed by atoms with Crippen LogP contribution in [0.1, 0.15) is 22.7 Å². The first kappa shape index (κ1) is 23.6. The smallest absolute Gasteiger partial charge is 0.171 e. The summed E-state index contributed by atoms with van der Waals surface area (Å²) in [5.74, 6) is 0. The van der Waals surface area contributed by atoms with E-state index in [1.54, 1.807) is 0 Å². The maximum absolute atomic E-state index is 6.17. The predicted molar refractivity (Wildman–Crippen MR) is 149 cm³/mol. The van der Waals surface area contributed by atoms with Crippen LogP contribution in [0.5, 0.6) is 0 Å². The molecule has 0 bridgehead atoms. The van der Waals surface area contributed by atoms with Crippen molar-refractivity contribution in [2.24, 2.45) is 0 Å². The van der Waals surface area contributed by atoms with Crippen LogP contribution in [0.15, 0.2) is 94.1 Å². The Balaban J connectivity index is 1.56. The van der Waals surface area contributed by atoms with E-state index in [-0.39, 0.29) is 6.04 Å². The van der Waals surface area contributed by atoms with Crippen molar-refractivity contribution >= 4 is 62.5 Å². The van der Waals surface area contributed by atoms with Gasteiger partial charge in [0.1, 0.15) is 0 Å². The summed E-state index contributed by atoms with van der Waals surface area (Å²) in [6, 6.07) is 24.4. The highest BCUT2D eigenvalue weighted by Gasteiger charge is 2.33. The van der Waals surface area contributed by atoms with E-state index < -0.39 is 0 Å². The lowest BCUT2D eigenvalue weighted by Gasteiger charge is -2.40. The maximum atomic E-state index is 6.17.